The van der Waals surface area contributed by atoms with Crippen LogP contribution in [-0.4, -0.2) is 128 Å². The molecule has 0 heterocycles. The van der Waals surface area contributed by atoms with E-state index in [-0.39, 0.29) is 12.8 Å². The van der Waals surface area contributed by atoms with E-state index in [4.69, 9.17) is 10.5 Å². The standard InChI is InChI=1S/C69H77N7O9Se/c1-47(77)61(70)66(84)76(7)57(45-59(79)74-69(52-35-21-11-22-36-52,53-37-23-12-24-38-53)54-39-25-13-26-40-54)63(81)72-62(48(2)86-55-41-27-14-28-42-55)64(82)71-56(65(83)75(6)46-60(80)85-67(3,4)5)43-44-58(78)73-68(49-29-15-8-16-30-49,50-31-17-9-18-32-50)51-33-19-10-20-34-51/h8-42,47-48,56-57,61-62,77H,43-46,70H2,1-7H3,(H,71,82)(H,72,81)(H,73,78)(H,74,79)/t47-,48+,56+,57+,61+,62+/m1/s1. The van der Waals surface area contributed by atoms with Crippen molar-refractivity contribution < 1.29 is 43.4 Å². The molecule has 0 unspecified atom stereocenters. The minimum atomic E-state index is -1.64. The zero-order chi connectivity index (χ0) is 62.0. The van der Waals surface area contributed by atoms with Gasteiger partial charge in [0.1, 0.15) is 0 Å². The average Bonchev–Trinajstić information content (AvgIpc) is 0.831. The summed E-state index contributed by atoms with van der Waals surface area (Å²) in [6.07, 6.45) is -2.58. The SMILES string of the molecule is C[C@H]([Se]c1ccccc1)[C@H](NC(=O)[C@H](CC(=O)NC(c1ccccc1)(c1ccccc1)c1ccccc1)N(C)C(=O)[C@@H](N)[C@@H](C)O)C(=O)N[C@@H](CCC(=O)NC(c1ccccc1)(c1ccccc1)c1ccccc1)C(=O)N(C)CC(=O)OC(C)(C)C. The number of carbonyl (C=O) groups excluding carboxylic acids is 7. The van der Waals surface area contributed by atoms with Crippen molar-refractivity contribution in [2.45, 2.75) is 106 Å². The number of likely N-dealkylation sites (N-methyl/N-ethyl adjacent to an activating group) is 2. The van der Waals surface area contributed by atoms with Gasteiger partial charge in [-0.1, -0.05) is 72.8 Å². The summed E-state index contributed by atoms with van der Waals surface area (Å²) < 4.78 is 6.43. The molecular weight excluding hydrogens is 1150 g/mol. The van der Waals surface area contributed by atoms with E-state index in [1.165, 1.54) is 21.0 Å². The number of nitrogens with two attached hydrogens (primary N) is 1. The van der Waals surface area contributed by atoms with Crippen molar-refractivity contribution in [3.05, 3.63) is 246 Å². The fourth-order valence-corrected chi connectivity index (χ4v) is 12.7. The third-order valence-corrected chi connectivity index (χ3v) is 17.2. The topological polar surface area (TPSA) is 230 Å². The van der Waals surface area contributed by atoms with Crippen LogP contribution < -0.4 is 31.5 Å². The first-order valence-electron chi connectivity index (χ1n) is 28.6. The van der Waals surface area contributed by atoms with Gasteiger partial charge in [0.15, 0.2) is 0 Å². The van der Waals surface area contributed by atoms with Gasteiger partial charge < -0.3 is 0 Å². The number of nitrogens with zero attached hydrogens (tertiary/aromatic N) is 2. The van der Waals surface area contributed by atoms with Gasteiger partial charge in [-0.2, -0.15) is 0 Å². The number of rotatable bonds is 26. The second-order valence-corrected chi connectivity index (χ2v) is 25.3. The zero-order valence-electron chi connectivity index (χ0n) is 49.6. The van der Waals surface area contributed by atoms with Crippen LogP contribution >= 0.6 is 0 Å². The Morgan fingerprint density at radius 2 is 0.907 bits per heavy atom. The molecule has 86 heavy (non-hydrogen) atoms. The van der Waals surface area contributed by atoms with Gasteiger partial charge in [-0.3, -0.25) is 0 Å². The molecule has 6 atom stereocenters. The molecule has 7 aromatic carbocycles. The third-order valence-electron chi connectivity index (χ3n) is 14.7. The number of aliphatic hydroxyl groups is 1. The van der Waals surface area contributed by atoms with E-state index in [0.29, 0.717) is 16.7 Å². The summed E-state index contributed by atoms with van der Waals surface area (Å²) in [6, 6.07) is 59.7. The molecule has 0 aliphatic carbocycles. The summed E-state index contributed by atoms with van der Waals surface area (Å²) in [5.41, 5.74) is 7.20. The number of amides is 6. The number of nitrogens with one attached hydrogen (secondary N) is 4. The Hall–Kier alpha value is -8.73. The molecule has 0 saturated heterocycles. The minimum absolute atomic E-state index is 0.272. The first-order valence-corrected chi connectivity index (χ1v) is 30.4. The molecule has 0 aromatic heterocycles. The predicted molar refractivity (Wildman–Crippen MR) is 333 cm³/mol. The van der Waals surface area contributed by atoms with E-state index < -0.39 is 121 Å². The Labute approximate surface area is 510 Å². The Kier molecular flexibility index (Phi) is 22.5. The van der Waals surface area contributed by atoms with Gasteiger partial charge in [-0.15, -0.1) is 0 Å². The number of carbonyl (C=O) groups is 7. The maximum atomic E-state index is 15.4. The molecule has 0 spiro atoms. The molecule has 0 bridgehead atoms. The van der Waals surface area contributed by atoms with Crippen molar-refractivity contribution in [3.8, 4) is 0 Å². The number of aliphatic hydroxyl groups excluding tert-OH is 1. The van der Waals surface area contributed by atoms with Crippen LogP contribution in [-0.2, 0) is 49.4 Å². The van der Waals surface area contributed by atoms with Gasteiger partial charge in [0, 0.05) is 0 Å². The van der Waals surface area contributed by atoms with Crippen LogP contribution in [0.1, 0.15) is 87.3 Å². The monoisotopic (exact) mass is 1230 g/mol. The van der Waals surface area contributed by atoms with Gasteiger partial charge in [0.2, 0.25) is 0 Å². The van der Waals surface area contributed by atoms with Crippen LogP contribution in [0.4, 0.5) is 0 Å². The van der Waals surface area contributed by atoms with Gasteiger partial charge in [0.25, 0.3) is 0 Å². The van der Waals surface area contributed by atoms with Crippen molar-refractivity contribution in [2.24, 2.45) is 5.73 Å². The molecule has 6 amide bonds. The van der Waals surface area contributed by atoms with Crippen molar-refractivity contribution in [3.63, 3.8) is 0 Å². The number of ether oxygens (including phenoxy) is 1. The fourth-order valence-electron chi connectivity index (χ4n) is 10.4. The predicted octanol–water partition coefficient (Wildman–Crippen LogP) is 6.52. The first kappa shape index (κ1) is 64.8. The Balaban J connectivity index is 1.26. The second-order valence-electron chi connectivity index (χ2n) is 22.2. The first-order chi connectivity index (χ1) is 41.1. The van der Waals surface area contributed by atoms with Crippen LogP contribution in [0.15, 0.2) is 212 Å². The van der Waals surface area contributed by atoms with E-state index in [1.54, 1.807) is 27.7 Å². The van der Waals surface area contributed by atoms with E-state index in [2.05, 4.69) is 21.3 Å². The molecule has 0 aliphatic heterocycles. The Bertz CT molecular complexity index is 3170. The van der Waals surface area contributed by atoms with E-state index in [1.807, 2.05) is 212 Å². The molecule has 16 nitrogen and oxygen atoms in total. The summed E-state index contributed by atoms with van der Waals surface area (Å²) in [7, 11) is 2.69. The molecular formula is C69H77N7O9Se. The number of benzene rings is 7. The number of hydrogen-bond acceptors (Lipinski definition) is 10. The van der Waals surface area contributed by atoms with Crippen molar-refractivity contribution in [2.75, 3.05) is 20.6 Å². The third kappa shape index (κ3) is 16.4. The number of esters is 1. The summed E-state index contributed by atoms with van der Waals surface area (Å²) in [5.74, 6) is -5.18. The quantitative estimate of drug-likeness (QED) is 0.0196. The second kappa shape index (κ2) is 29.9. The molecule has 0 aliphatic rings. The molecule has 7 rings (SSSR count). The summed E-state index contributed by atoms with van der Waals surface area (Å²) in [4.78, 5) is 104. The summed E-state index contributed by atoms with van der Waals surface area (Å²) in [6.45, 7) is 7.68. The summed E-state index contributed by atoms with van der Waals surface area (Å²) in [5, 5.41) is 22.9. The fraction of sp³-hybridized carbons (Fsp3) is 0.290. The molecule has 7 N–H and O–H groups in total. The van der Waals surface area contributed by atoms with E-state index >= 15 is 14.4 Å². The maximum absolute atomic E-state index is 15.4. The van der Waals surface area contributed by atoms with Crippen molar-refractivity contribution >= 4 is 60.8 Å². The van der Waals surface area contributed by atoms with Gasteiger partial charge in [0.05, 0.1) is 0 Å². The van der Waals surface area contributed by atoms with Crippen LogP contribution in [0.25, 0.3) is 0 Å². The Morgan fingerprint density at radius 3 is 1.28 bits per heavy atom. The summed E-state index contributed by atoms with van der Waals surface area (Å²) >= 11 is -0.539. The number of hydrogen-bond donors (Lipinski definition) is 6. The molecule has 17 heteroatoms. The van der Waals surface area contributed by atoms with Gasteiger partial charge in [-0.05, 0) is 0 Å². The average molecular weight is 1230 g/mol. The van der Waals surface area contributed by atoms with Crippen LogP contribution in [0.3, 0.4) is 0 Å². The van der Waals surface area contributed by atoms with Crippen LogP contribution in [0.2, 0.25) is 4.82 Å². The molecule has 0 radical (unpaired) electrons. The molecule has 0 fully saturated rings. The van der Waals surface area contributed by atoms with Crippen LogP contribution in [0, 0.1) is 0 Å². The van der Waals surface area contributed by atoms with Gasteiger partial charge in [-0.25, -0.2) is 0 Å². The normalized spacial score (nSPS) is 13.7. The van der Waals surface area contributed by atoms with E-state index in [9.17, 15) is 24.3 Å². The van der Waals surface area contributed by atoms with Crippen molar-refractivity contribution in [1.82, 2.24) is 31.1 Å². The zero-order valence-corrected chi connectivity index (χ0v) is 51.3. The molecule has 0 saturated carbocycles. The van der Waals surface area contributed by atoms with E-state index in [0.717, 1.165) is 31.0 Å². The Morgan fingerprint density at radius 1 is 0.535 bits per heavy atom. The molecule has 7 aromatic rings. The van der Waals surface area contributed by atoms with Crippen molar-refractivity contribution in [1.29, 1.82) is 0 Å². The van der Waals surface area contributed by atoms with Crippen LogP contribution in [0.5, 0.6) is 0 Å². The molecule has 448 valence electrons. The van der Waals surface area contributed by atoms with Gasteiger partial charge >= 0.3 is 440 Å².